The van der Waals surface area contributed by atoms with Gasteiger partial charge in [-0.25, -0.2) is 25.6 Å². The van der Waals surface area contributed by atoms with Crippen molar-refractivity contribution in [3.05, 3.63) is 28.2 Å². The lowest BCUT2D eigenvalue weighted by Gasteiger charge is -2.24. The molecule has 0 spiro atoms. The average molecular weight is 420 g/mol. The van der Waals surface area contributed by atoms with E-state index in [0.29, 0.717) is 6.07 Å². The molecule has 0 aromatic heterocycles. The minimum Gasteiger partial charge on any atom is -0.207 e. The minimum absolute atomic E-state index is 0.0101. The number of halogens is 3. The first-order chi connectivity index (χ1) is 10.1. The molecule has 0 heterocycles. The SMILES string of the molecule is CCCS(=O)(=O)N(c1cc(F)cc(Br)c1F)S(=O)(=O)CCC. The van der Waals surface area contributed by atoms with Crippen LogP contribution in [0.1, 0.15) is 26.7 Å². The highest BCUT2D eigenvalue weighted by Crippen LogP contribution is 2.32. The van der Waals surface area contributed by atoms with Crippen molar-refractivity contribution in [3.63, 3.8) is 0 Å². The first-order valence-electron chi connectivity index (χ1n) is 6.47. The van der Waals surface area contributed by atoms with Crippen LogP contribution in [0.5, 0.6) is 0 Å². The highest BCUT2D eigenvalue weighted by atomic mass is 79.9. The number of hydrogen-bond acceptors (Lipinski definition) is 4. The third kappa shape index (κ3) is 4.17. The van der Waals surface area contributed by atoms with E-state index in [2.05, 4.69) is 15.9 Å². The van der Waals surface area contributed by atoms with E-state index in [4.69, 9.17) is 0 Å². The van der Waals surface area contributed by atoms with E-state index in [0.717, 1.165) is 6.07 Å². The fourth-order valence-corrected chi connectivity index (χ4v) is 6.31. The van der Waals surface area contributed by atoms with Gasteiger partial charge in [0.2, 0.25) is 20.0 Å². The van der Waals surface area contributed by atoms with E-state index in [9.17, 15) is 25.6 Å². The Hall–Kier alpha value is -0.740. The van der Waals surface area contributed by atoms with Crippen molar-refractivity contribution in [2.45, 2.75) is 26.7 Å². The maximum Gasteiger partial charge on any atom is 0.248 e. The molecular weight excluding hydrogens is 404 g/mol. The zero-order valence-electron chi connectivity index (χ0n) is 12.0. The van der Waals surface area contributed by atoms with Crippen molar-refractivity contribution in [2.24, 2.45) is 0 Å². The largest absolute Gasteiger partial charge is 0.248 e. The molecule has 0 radical (unpaired) electrons. The number of nitrogens with zero attached hydrogens (tertiary/aromatic N) is 1. The van der Waals surface area contributed by atoms with Crippen molar-refractivity contribution in [1.82, 2.24) is 0 Å². The van der Waals surface area contributed by atoms with Gasteiger partial charge in [0.1, 0.15) is 11.5 Å². The Bertz CT molecular complexity index is 715. The van der Waals surface area contributed by atoms with Crippen molar-refractivity contribution in [2.75, 3.05) is 15.2 Å². The minimum atomic E-state index is -4.34. The van der Waals surface area contributed by atoms with Crippen LogP contribution < -0.4 is 3.71 Å². The summed E-state index contributed by atoms with van der Waals surface area (Å²) in [6, 6.07) is 1.34. The highest BCUT2D eigenvalue weighted by Gasteiger charge is 2.35. The summed E-state index contributed by atoms with van der Waals surface area (Å²) in [7, 11) is -8.69. The molecule has 0 atom stereocenters. The Morgan fingerprint density at radius 1 is 1.00 bits per heavy atom. The van der Waals surface area contributed by atoms with Gasteiger partial charge in [-0.3, -0.25) is 0 Å². The molecule has 0 aliphatic heterocycles. The van der Waals surface area contributed by atoms with Crippen molar-refractivity contribution in [3.8, 4) is 0 Å². The maximum atomic E-state index is 14.2. The fourth-order valence-electron chi connectivity index (χ4n) is 1.83. The molecule has 0 saturated heterocycles. The van der Waals surface area contributed by atoms with Gasteiger partial charge in [-0.05, 0) is 34.8 Å². The number of hydrogen-bond donors (Lipinski definition) is 0. The molecule has 0 aliphatic rings. The van der Waals surface area contributed by atoms with Crippen LogP contribution in [-0.2, 0) is 20.0 Å². The standard InChI is InChI=1S/C12H16BrF2NO4S2/c1-3-5-21(17,18)16(22(19,20)6-4-2)11-8-9(14)7-10(13)12(11)15/h7-8H,3-6H2,1-2H3. The zero-order valence-corrected chi connectivity index (χ0v) is 15.2. The van der Waals surface area contributed by atoms with Crippen LogP contribution in [0, 0.1) is 11.6 Å². The van der Waals surface area contributed by atoms with Crippen molar-refractivity contribution >= 4 is 41.7 Å². The quantitative estimate of drug-likeness (QED) is 0.636. The molecule has 0 N–H and O–H groups in total. The summed E-state index contributed by atoms with van der Waals surface area (Å²) in [4.78, 5) is 0. The van der Waals surface area contributed by atoms with Gasteiger partial charge < -0.3 is 0 Å². The number of rotatable bonds is 7. The summed E-state index contributed by atoms with van der Waals surface area (Å²) in [6.45, 7) is 3.08. The highest BCUT2D eigenvalue weighted by molar-refractivity contribution is 9.10. The van der Waals surface area contributed by atoms with Gasteiger partial charge in [0, 0.05) is 6.07 Å². The van der Waals surface area contributed by atoms with Crippen LogP contribution >= 0.6 is 15.9 Å². The van der Waals surface area contributed by atoms with E-state index in [1.54, 1.807) is 13.8 Å². The monoisotopic (exact) mass is 419 g/mol. The summed E-state index contributed by atoms with van der Waals surface area (Å²) in [5.41, 5.74) is -0.839. The molecule has 22 heavy (non-hydrogen) atoms. The number of anilines is 1. The van der Waals surface area contributed by atoms with Gasteiger partial charge in [-0.1, -0.05) is 13.8 Å². The van der Waals surface area contributed by atoms with Gasteiger partial charge in [0.15, 0.2) is 5.82 Å². The van der Waals surface area contributed by atoms with E-state index in [1.807, 2.05) is 0 Å². The fraction of sp³-hybridized carbons (Fsp3) is 0.500. The van der Waals surface area contributed by atoms with Crippen molar-refractivity contribution in [1.29, 1.82) is 0 Å². The summed E-state index contributed by atoms with van der Waals surface area (Å²) in [5.74, 6) is -3.10. The molecule has 1 aromatic rings. The van der Waals surface area contributed by atoms with E-state index in [1.165, 1.54) is 0 Å². The average Bonchev–Trinajstić information content (AvgIpc) is 2.34. The van der Waals surface area contributed by atoms with E-state index in [-0.39, 0.29) is 21.0 Å². The second-order valence-electron chi connectivity index (χ2n) is 4.55. The molecule has 0 saturated carbocycles. The van der Waals surface area contributed by atoms with Gasteiger partial charge in [-0.2, -0.15) is 3.71 Å². The summed E-state index contributed by atoms with van der Waals surface area (Å²) in [5, 5.41) is 0. The topological polar surface area (TPSA) is 71.5 Å². The lowest BCUT2D eigenvalue weighted by molar-refractivity contribution is 0.574. The van der Waals surface area contributed by atoms with Crippen LogP contribution in [0.25, 0.3) is 0 Å². The molecule has 1 aromatic carbocycles. The molecule has 0 fully saturated rings. The summed E-state index contributed by atoms with van der Waals surface area (Å²) < 4.78 is 76.4. The molecular formula is C12H16BrF2NO4S2. The first-order valence-corrected chi connectivity index (χ1v) is 10.5. The predicted molar refractivity (Wildman–Crippen MR) is 84.7 cm³/mol. The second-order valence-corrected chi connectivity index (χ2v) is 9.51. The molecule has 126 valence electrons. The number of benzene rings is 1. The predicted octanol–water partition coefficient (Wildman–Crippen LogP) is 3.01. The normalized spacial score (nSPS) is 12.4. The van der Waals surface area contributed by atoms with Crippen LogP contribution in [0.15, 0.2) is 16.6 Å². The van der Waals surface area contributed by atoms with Gasteiger partial charge >= 0.3 is 0 Å². The van der Waals surface area contributed by atoms with Crippen molar-refractivity contribution < 1.29 is 25.6 Å². The van der Waals surface area contributed by atoms with Crippen LogP contribution in [0.2, 0.25) is 0 Å². The molecule has 0 bridgehead atoms. The van der Waals surface area contributed by atoms with Crippen LogP contribution in [0.3, 0.4) is 0 Å². The maximum absolute atomic E-state index is 14.2. The molecule has 0 amide bonds. The lowest BCUT2D eigenvalue weighted by atomic mass is 10.3. The van der Waals surface area contributed by atoms with Gasteiger partial charge in [0.25, 0.3) is 0 Å². The Labute approximate surface area is 137 Å². The summed E-state index contributed by atoms with van der Waals surface area (Å²) >= 11 is 2.75. The molecule has 5 nitrogen and oxygen atoms in total. The Balaban J connectivity index is 3.67. The Morgan fingerprint density at radius 2 is 1.45 bits per heavy atom. The molecule has 0 unspecified atom stereocenters. The third-order valence-corrected chi connectivity index (χ3v) is 7.79. The third-order valence-electron chi connectivity index (χ3n) is 2.60. The lowest BCUT2D eigenvalue weighted by Crippen LogP contribution is -2.40. The van der Waals surface area contributed by atoms with Gasteiger partial charge in [-0.15, -0.1) is 0 Å². The Kier molecular flexibility index (Phi) is 6.34. The molecule has 0 aliphatic carbocycles. The van der Waals surface area contributed by atoms with Crippen LogP contribution in [0.4, 0.5) is 14.5 Å². The first kappa shape index (κ1) is 19.3. The second kappa shape index (κ2) is 7.22. The van der Waals surface area contributed by atoms with E-state index >= 15 is 0 Å². The zero-order chi connectivity index (χ0) is 17.1. The smallest absolute Gasteiger partial charge is 0.207 e. The number of sulfonamides is 2. The van der Waals surface area contributed by atoms with Crippen LogP contribution in [-0.4, -0.2) is 28.3 Å². The van der Waals surface area contributed by atoms with E-state index < -0.39 is 48.9 Å². The van der Waals surface area contributed by atoms with Gasteiger partial charge in [0.05, 0.1) is 16.0 Å². The Morgan fingerprint density at radius 3 is 1.86 bits per heavy atom. The summed E-state index contributed by atoms with van der Waals surface area (Å²) in [6.07, 6.45) is 0.275. The molecule has 1 rings (SSSR count). The molecule has 10 heteroatoms.